The molecule has 1 aliphatic rings. The quantitative estimate of drug-likeness (QED) is 0.408. The lowest BCUT2D eigenvalue weighted by Gasteiger charge is -2.25. The van der Waals surface area contributed by atoms with Gasteiger partial charge in [-0.2, -0.15) is 4.58 Å². The Balaban J connectivity index is 1.99. The van der Waals surface area contributed by atoms with Gasteiger partial charge in [0.05, 0.1) is 26.1 Å². The molecule has 0 N–H and O–H groups in total. The Morgan fingerprint density at radius 3 is 2.38 bits per heavy atom. The van der Waals surface area contributed by atoms with Crippen LogP contribution in [0.1, 0.15) is 51.2 Å². The highest BCUT2D eigenvalue weighted by molar-refractivity contribution is 6.03. The number of fused-ring (bicyclic) bond motifs is 1. The number of nitrogens with zero attached hydrogens (tertiary/aromatic N) is 2. The van der Waals surface area contributed by atoms with E-state index in [-0.39, 0.29) is 5.41 Å². The molecule has 4 heteroatoms. The lowest BCUT2D eigenvalue weighted by molar-refractivity contribution is -0.435. The largest absolute Gasteiger partial charge is 0.497 e. The van der Waals surface area contributed by atoms with E-state index in [9.17, 15) is 0 Å². The molecule has 2 aromatic rings. The zero-order valence-electron chi connectivity index (χ0n) is 18.6. The molecule has 1 heterocycles. The van der Waals surface area contributed by atoms with Crippen molar-refractivity contribution in [3.63, 3.8) is 0 Å². The van der Waals surface area contributed by atoms with Gasteiger partial charge in [-0.3, -0.25) is 4.99 Å². The number of hydrogen-bond acceptors (Lipinski definition) is 3. The molecule has 1 aliphatic heterocycles. The standard InChI is InChI=1S/C25H33N2O2/c1-7-25(8-2)20-12-10-18(4)16-22(20)27(9-3)24(25)14-15-26-21-13-11-19(28-5)17-23(21)29-6/h10-13,15-17H,7-9,14H2,1-6H3/q+1. The summed E-state index contributed by atoms with van der Waals surface area (Å²) in [5.41, 5.74) is 6.47. The number of aliphatic imine (C=N–C) groups is 1. The fourth-order valence-electron chi connectivity index (χ4n) is 4.66. The third-order valence-corrected chi connectivity index (χ3v) is 6.26. The Morgan fingerprint density at radius 1 is 1.00 bits per heavy atom. The predicted molar refractivity (Wildman–Crippen MR) is 121 cm³/mol. The number of methoxy groups -OCH3 is 2. The van der Waals surface area contributed by atoms with Crippen molar-refractivity contribution in [2.75, 3.05) is 20.8 Å². The molecule has 0 aromatic heterocycles. The summed E-state index contributed by atoms with van der Waals surface area (Å²) in [6.45, 7) is 9.97. The third kappa shape index (κ3) is 3.68. The molecular formula is C25H33N2O2+. The van der Waals surface area contributed by atoms with Crippen LogP contribution in [0.5, 0.6) is 11.5 Å². The van der Waals surface area contributed by atoms with Crippen molar-refractivity contribution in [2.45, 2.75) is 52.4 Å². The molecule has 0 radical (unpaired) electrons. The molecule has 29 heavy (non-hydrogen) atoms. The van der Waals surface area contributed by atoms with Crippen LogP contribution < -0.4 is 9.47 Å². The Kier molecular flexibility index (Phi) is 6.41. The van der Waals surface area contributed by atoms with Gasteiger partial charge >= 0.3 is 0 Å². The summed E-state index contributed by atoms with van der Waals surface area (Å²) in [6.07, 6.45) is 5.02. The van der Waals surface area contributed by atoms with Crippen LogP contribution in [0.4, 0.5) is 11.4 Å². The fraction of sp³-hybridized carbons (Fsp3) is 0.440. The molecule has 154 valence electrons. The maximum atomic E-state index is 5.49. The second kappa shape index (κ2) is 8.81. The van der Waals surface area contributed by atoms with Gasteiger partial charge in [0.1, 0.15) is 23.7 Å². The molecule has 0 fully saturated rings. The van der Waals surface area contributed by atoms with Crippen molar-refractivity contribution < 1.29 is 14.0 Å². The van der Waals surface area contributed by atoms with E-state index in [1.165, 1.54) is 22.5 Å². The van der Waals surface area contributed by atoms with Gasteiger partial charge < -0.3 is 9.47 Å². The van der Waals surface area contributed by atoms with Crippen molar-refractivity contribution in [2.24, 2.45) is 4.99 Å². The van der Waals surface area contributed by atoms with E-state index in [0.29, 0.717) is 0 Å². The fourth-order valence-corrected chi connectivity index (χ4v) is 4.66. The van der Waals surface area contributed by atoms with Crippen LogP contribution in [-0.4, -0.2) is 37.3 Å². The Hall–Kier alpha value is -2.62. The topological polar surface area (TPSA) is 33.8 Å². The van der Waals surface area contributed by atoms with Gasteiger partial charge in [0.2, 0.25) is 5.69 Å². The first-order chi connectivity index (χ1) is 14.0. The third-order valence-electron chi connectivity index (χ3n) is 6.26. The van der Waals surface area contributed by atoms with Gasteiger partial charge in [-0.25, -0.2) is 0 Å². The molecular weight excluding hydrogens is 360 g/mol. The number of hydrogen-bond donors (Lipinski definition) is 0. The van der Waals surface area contributed by atoms with Crippen LogP contribution in [0.25, 0.3) is 0 Å². The van der Waals surface area contributed by atoms with Crippen LogP contribution in [-0.2, 0) is 5.41 Å². The van der Waals surface area contributed by atoms with Crippen molar-refractivity contribution >= 4 is 23.3 Å². The molecule has 0 spiro atoms. The summed E-state index contributed by atoms with van der Waals surface area (Å²) >= 11 is 0. The molecule has 0 unspecified atom stereocenters. The molecule has 0 atom stereocenters. The lowest BCUT2D eigenvalue weighted by atomic mass is 9.72. The Labute approximate surface area is 174 Å². The minimum absolute atomic E-state index is 0.0784. The summed E-state index contributed by atoms with van der Waals surface area (Å²) in [6, 6.07) is 12.6. The summed E-state index contributed by atoms with van der Waals surface area (Å²) in [5, 5.41) is 0. The number of rotatable bonds is 8. The maximum absolute atomic E-state index is 5.49. The van der Waals surface area contributed by atoms with Gasteiger partial charge in [0.15, 0.2) is 5.71 Å². The van der Waals surface area contributed by atoms with Crippen LogP contribution in [0.15, 0.2) is 41.4 Å². The normalized spacial score (nSPS) is 15.1. The van der Waals surface area contributed by atoms with Crippen LogP contribution in [0.3, 0.4) is 0 Å². The van der Waals surface area contributed by atoms with Crippen LogP contribution in [0, 0.1) is 6.92 Å². The van der Waals surface area contributed by atoms with Gasteiger partial charge in [0.25, 0.3) is 0 Å². The monoisotopic (exact) mass is 393 g/mol. The smallest absolute Gasteiger partial charge is 0.209 e. The predicted octanol–water partition coefficient (Wildman–Crippen LogP) is 5.98. The van der Waals surface area contributed by atoms with Gasteiger partial charge in [0, 0.05) is 23.9 Å². The first-order valence-electron chi connectivity index (χ1n) is 10.5. The number of ether oxygens (including phenoxy) is 2. The molecule has 2 aromatic carbocycles. The highest BCUT2D eigenvalue weighted by Crippen LogP contribution is 2.45. The SMILES string of the molecule is CC[N+]1=C(CC=Nc2ccc(OC)cc2OC)C(CC)(CC)c2ccc(C)cc21. The average molecular weight is 394 g/mol. The second-order valence-corrected chi connectivity index (χ2v) is 7.55. The summed E-state index contributed by atoms with van der Waals surface area (Å²) in [4.78, 5) is 4.75. The number of benzene rings is 2. The summed E-state index contributed by atoms with van der Waals surface area (Å²) in [7, 11) is 3.32. The summed E-state index contributed by atoms with van der Waals surface area (Å²) < 4.78 is 13.3. The average Bonchev–Trinajstić information content (AvgIpc) is 3.01. The zero-order valence-corrected chi connectivity index (χ0v) is 18.6. The van der Waals surface area contributed by atoms with Crippen molar-refractivity contribution in [3.05, 3.63) is 47.5 Å². The van der Waals surface area contributed by atoms with E-state index < -0.39 is 0 Å². The van der Waals surface area contributed by atoms with E-state index in [1.54, 1.807) is 14.2 Å². The Morgan fingerprint density at radius 2 is 1.76 bits per heavy atom. The minimum Gasteiger partial charge on any atom is -0.497 e. The molecule has 3 rings (SSSR count). The van der Waals surface area contributed by atoms with E-state index in [4.69, 9.17) is 14.5 Å². The highest BCUT2D eigenvalue weighted by atomic mass is 16.5. The van der Waals surface area contributed by atoms with Crippen molar-refractivity contribution in [3.8, 4) is 11.5 Å². The van der Waals surface area contributed by atoms with Gasteiger partial charge in [-0.05, 0) is 44.4 Å². The van der Waals surface area contributed by atoms with Crippen LogP contribution >= 0.6 is 0 Å². The maximum Gasteiger partial charge on any atom is 0.209 e. The second-order valence-electron chi connectivity index (χ2n) is 7.55. The first-order valence-corrected chi connectivity index (χ1v) is 10.5. The van der Waals surface area contributed by atoms with E-state index in [1.807, 2.05) is 24.4 Å². The molecule has 0 bridgehead atoms. The molecule has 0 saturated carbocycles. The number of aryl methyl sites for hydroxylation is 1. The summed E-state index contributed by atoms with van der Waals surface area (Å²) in [5.74, 6) is 1.49. The van der Waals surface area contributed by atoms with Crippen molar-refractivity contribution in [1.29, 1.82) is 0 Å². The Bertz CT molecular complexity index is 940. The first kappa shape index (κ1) is 21.1. The lowest BCUT2D eigenvalue weighted by Crippen LogP contribution is -2.34. The van der Waals surface area contributed by atoms with E-state index in [0.717, 1.165) is 43.0 Å². The van der Waals surface area contributed by atoms with E-state index >= 15 is 0 Å². The van der Waals surface area contributed by atoms with Crippen LogP contribution in [0.2, 0.25) is 0 Å². The zero-order chi connectivity index (χ0) is 21.0. The molecule has 4 nitrogen and oxygen atoms in total. The molecule has 0 amide bonds. The minimum atomic E-state index is 0.0784. The molecule has 0 aliphatic carbocycles. The van der Waals surface area contributed by atoms with Gasteiger partial charge in [-0.1, -0.05) is 26.0 Å². The van der Waals surface area contributed by atoms with Crippen molar-refractivity contribution in [1.82, 2.24) is 0 Å². The molecule has 0 saturated heterocycles. The van der Waals surface area contributed by atoms with Gasteiger partial charge in [-0.15, -0.1) is 0 Å². The highest BCUT2D eigenvalue weighted by Gasteiger charge is 2.48. The van der Waals surface area contributed by atoms with E-state index in [2.05, 4.69) is 50.5 Å².